The van der Waals surface area contributed by atoms with E-state index in [-0.39, 0.29) is 6.61 Å². The zero-order valence-corrected chi connectivity index (χ0v) is 10.5. The summed E-state index contributed by atoms with van der Waals surface area (Å²) >= 11 is 11.9. The molecule has 0 aliphatic carbocycles. The molecule has 0 aliphatic rings. The Morgan fingerprint density at radius 3 is 2.82 bits per heavy atom. The van der Waals surface area contributed by atoms with Crippen LogP contribution in [0.1, 0.15) is 11.3 Å². The van der Waals surface area contributed by atoms with Crippen molar-refractivity contribution in [2.75, 3.05) is 6.61 Å². The van der Waals surface area contributed by atoms with Gasteiger partial charge < -0.3 is 5.11 Å². The van der Waals surface area contributed by atoms with E-state index in [4.69, 9.17) is 28.3 Å². The molecule has 0 saturated carbocycles. The highest BCUT2D eigenvalue weighted by atomic mass is 35.5. The maximum atomic E-state index is 8.78. The van der Waals surface area contributed by atoms with Crippen molar-refractivity contribution < 1.29 is 5.11 Å². The van der Waals surface area contributed by atoms with Gasteiger partial charge in [0, 0.05) is 29.3 Å². The van der Waals surface area contributed by atoms with Crippen LogP contribution in [0.2, 0.25) is 10.0 Å². The molecule has 0 radical (unpaired) electrons. The summed E-state index contributed by atoms with van der Waals surface area (Å²) in [4.78, 5) is 0. The van der Waals surface area contributed by atoms with Gasteiger partial charge in [-0.3, -0.25) is 0 Å². The summed E-state index contributed by atoms with van der Waals surface area (Å²) in [6, 6.07) is 5.34. The number of aliphatic hydroxyl groups excluding tert-OH is 1. The third kappa shape index (κ3) is 3.19. The fourth-order valence-corrected chi connectivity index (χ4v) is 1.94. The van der Waals surface area contributed by atoms with Crippen molar-refractivity contribution in [3.8, 4) is 0 Å². The lowest BCUT2D eigenvalue weighted by Gasteiger charge is -2.03. The number of rotatable bonds is 4. The minimum Gasteiger partial charge on any atom is -0.396 e. The van der Waals surface area contributed by atoms with Gasteiger partial charge in [0.15, 0.2) is 0 Å². The van der Waals surface area contributed by atoms with E-state index < -0.39 is 0 Å². The monoisotopic (exact) mass is 271 g/mol. The molecule has 1 aromatic heterocycles. The van der Waals surface area contributed by atoms with Gasteiger partial charge in [-0.1, -0.05) is 34.5 Å². The van der Waals surface area contributed by atoms with Crippen molar-refractivity contribution >= 4 is 23.2 Å². The number of aliphatic hydroxyl groups is 1. The predicted octanol–water partition coefficient (Wildman–Crippen LogP) is 2.17. The highest BCUT2D eigenvalue weighted by Crippen LogP contribution is 2.21. The van der Waals surface area contributed by atoms with Crippen LogP contribution in [0.3, 0.4) is 0 Å². The molecular formula is C11H11Cl2N3O. The van der Waals surface area contributed by atoms with E-state index in [1.807, 2.05) is 6.07 Å². The van der Waals surface area contributed by atoms with Crippen LogP contribution in [0, 0.1) is 0 Å². The first-order valence-electron chi connectivity index (χ1n) is 5.13. The predicted molar refractivity (Wildman–Crippen MR) is 66.4 cm³/mol. The lowest BCUT2D eigenvalue weighted by Crippen LogP contribution is -2.01. The molecule has 6 heteroatoms. The Hall–Kier alpha value is -1.10. The molecule has 0 aliphatic heterocycles. The molecular weight excluding hydrogens is 261 g/mol. The molecule has 0 bridgehead atoms. The van der Waals surface area contributed by atoms with Crippen LogP contribution in [0.15, 0.2) is 24.4 Å². The highest BCUT2D eigenvalue weighted by molar-refractivity contribution is 6.35. The van der Waals surface area contributed by atoms with Crippen molar-refractivity contribution in [2.45, 2.75) is 13.0 Å². The van der Waals surface area contributed by atoms with Gasteiger partial charge in [-0.2, -0.15) is 0 Å². The van der Waals surface area contributed by atoms with Crippen molar-refractivity contribution in [3.05, 3.63) is 45.7 Å². The third-order valence-corrected chi connectivity index (χ3v) is 2.89. The Kier molecular flexibility index (Phi) is 3.99. The molecule has 0 unspecified atom stereocenters. The Morgan fingerprint density at radius 2 is 2.12 bits per heavy atom. The second-order valence-corrected chi connectivity index (χ2v) is 4.46. The molecule has 0 atom stereocenters. The topological polar surface area (TPSA) is 50.9 Å². The smallest absolute Gasteiger partial charge is 0.0850 e. The molecule has 2 aromatic rings. The second kappa shape index (κ2) is 5.49. The number of benzene rings is 1. The van der Waals surface area contributed by atoms with Gasteiger partial charge in [0.1, 0.15) is 0 Å². The van der Waals surface area contributed by atoms with Gasteiger partial charge in [-0.15, -0.1) is 5.10 Å². The largest absolute Gasteiger partial charge is 0.396 e. The standard InChI is InChI=1S/C11H11Cl2N3O/c12-9-2-1-8(11(13)5-9)6-16-7-10(3-4-17)14-15-16/h1-2,5,7,17H,3-4,6H2. The quantitative estimate of drug-likeness (QED) is 0.928. The summed E-state index contributed by atoms with van der Waals surface area (Å²) in [5.74, 6) is 0. The first kappa shape index (κ1) is 12.4. The number of nitrogens with zero attached hydrogens (tertiary/aromatic N) is 3. The lowest BCUT2D eigenvalue weighted by atomic mass is 10.2. The average Bonchev–Trinajstić information content (AvgIpc) is 2.71. The SMILES string of the molecule is OCCc1cn(Cc2ccc(Cl)cc2Cl)nn1. The van der Waals surface area contributed by atoms with E-state index in [1.165, 1.54) is 0 Å². The van der Waals surface area contributed by atoms with Crippen molar-refractivity contribution in [2.24, 2.45) is 0 Å². The first-order chi connectivity index (χ1) is 8.19. The van der Waals surface area contributed by atoms with Crippen LogP contribution < -0.4 is 0 Å². The molecule has 90 valence electrons. The third-order valence-electron chi connectivity index (χ3n) is 2.30. The number of hydrogen-bond acceptors (Lipinski definition) is 3. The molecule has 0 fully saturated rings. The van der Waals surface area contributed by atoms with Crippen LogP contribution >= 0.6 is 23.2 Å². The molecule has 1 N–H and O–H groups in total. The van der Waals surface area contributed by atoms with E-state index >= 15 is 0 Å². The van der Waals surface area contributed by atoms with Gasteiger partial charge in [0.2, 0.25) is 0 Å². The van der Waals surface area contributed by atoms with Crippen LogP contribution in [0.25, 0.3) is 0 Å². The number of halogens is 2. The lowest BCUT2D eigenvalue weighted by molar-refractivity contribution is 0.298. The molecule has 1 aromatic carbocycles. The Balaban J connectivity index is 2.13. The van der Waals surface area contributed by atoms with E-state index in [0.29, 0.717) is 23.0 Å². The van der Waals surface area contributed by atoms with E-state index in [9.17, 15) is 0 Å². The molecule has 1 heterocycles. The molecule has 17 heavy (non-hydrogen) atoms. The zero-order valence-electron chi connectivity index (χ0n) is 8.98. The molecule has 0 saturated heterocycles. The van der Waals surface area contributed by atoms with Gasteiger partial charge >= 0.3 is 0 Å². The fraction of sp³-hybridized carbons (Fsp3) is 0.273. The summed E-state index contributed by atoms with van der Waals surface area (Å²) in [6.45, 7) is 0.606. The number of hydrogen-bond donors (Lipinski definition) is 1. The van der Waals surface area contributed by atoms with Crippen molar-refractivity contribution in [1.29, 1.82) is 0 Å². The van der Waals surface area contributed by atoms with Crippen molar-refractivity contribution in [1.82, 2.24) is 15.0 Å². The van der Waals surface area contributed by atoms with Gasteiger partial charge in [-0.05, 0) is 17.7 Å². The normalized spacial score (nSPS) is 10.8. The van der Waals surface area contributed by atoms with Crippen LogP contribution in [0.5, 0.6) is 0 Å². The molecule has 0 amide bonds. The number of aromatic nitrogens is 3. The maximum Gasteiger partial charge on any atom is 0.0850 e. The highest BCUT2D eigenvalue weighted by Gasteiger charge is 2.05. The first-order valence-corrected chi connectivity index (χ1v) is 5.88. The Morgan fingerprint density at radius 1 is 1.29 bits per heavy atom. The summed E-state index contributed by atoms with van der Waals surface area (Å²) in [7, 11) is 0. The molecule has 4 nitrogen and oxygen atoms in total. The van der Waals surface area contributed by atoms with Crippen LogP contribution in [0.4, 0.5) is 0 Å². The minimum absolute atomic E-state index is 0.0698. The zero-order chi connectivity index (χ0) is 12.3. The maximum absolute atomic E-state index is 8.78. The minimum atomic E-state index is 0.0698. The van der Waals surface area contributed by atoms with E-state index in [0.717, 1.165) is 11.3 Å². The fourth-order valence-electron chi connectivity index (χ4n) is 1.47. The molecule has 0 spiro atoms. The summed E-state index contributed by atoms with van der Waals surface area (Å²) < 4.78 is 1.68. The average molecular weight is 272 g/mol. The summed E-state index contributed by atoms with van der Waals surface area (Å²) in [5.41, 5.74) is 1.69. The van der Waals surface area contributed by atoms with Crippen LogP contribution in [-0.2, 0) is 13.0 Å². The van der Waals surface area contributed by atoms with Crippen molar-refractivity contribution in [3.63, 3.8) is 0 Å². The van der Waals surface area contributed by atoms with E-state index in [1.54, 1.807) is 23.0 Å². The molecule has 2 rings (SSSR count). The van der Waals surface area contributed by atoms with Crippen LogP contribution in [-0.4, -0.2) is 26.7 Å². The van der Waals surface area contributed by atoms with Gasteiger partial charge in [0.25, 0.3) is 0 Å². The summed E-state index contributed by atoms with van der Waals surface area (Å²) in [5, 5.41) is 17.9. The Bertz CT molecular complexity index is 513. The Labute approximate surface area is 109 Å². The van der Waals surface area contributed by atoms with E-state index in [2.05, 4.69) is 10.3 Å². The van der Waals surface area contributed by atoms with Gasteiger partial charge in [-0.25, -0.2) is 4.68 Å². The van der Waals surface area contributed by atoms with Gasteiger partial charge in [0.05, 0.1) is 12.2 Å². The summed E-state index contributed by atoms with van der Waals surface area (Å²) in [6.07, 6.45) is 2.30. The second-order valence-electron chi connectivity index (χ2n) is 3.62.